The maximum atomic E-state index is 5.77. The van der Waals surface area contributed by atoms with Crippen LogP contribution in [-0.4, -0.2) is 32.1 Å². The maximum absolute atomic E-state index is 5.77. The fourth-order valence-corrected chi connectivity index (χ4v) is 2.13. The van der Waals surface area contributed by atoms with Crippen molar-refractivity contribution in [1.29, 1.82) is 0 Å². The highest BCUT2D eigenvalue weighted by Crippen LogP contribution is 2.40. The van der Waals surface area contributed by atoms with Crippen LogP contribution in [0.15, 0.2) is 0 Å². The van der Waals surface area contributed by atoms with E-state index in [2.05, 4.69) is 6.92 Å². The fraction of sp³-hybridized carbons (Fsp3) is 0.889. The summed E-state index contributed by atoms with van der Waals surface area (Å²) in [5.41, 5.74) is 0. The Morgan fingerprint density at radius 1 is 1.38 bits per heavy atom. The zero-order chi connectivity index (χ0) is 10.0. The average Bonchev–Trinajstić information content (AvgIpc) is 2.32. The van der Waals surface area contributed by atoms with E-state index in [1.165, 1.54) is 0 Å². The van der Waals surface area contributed by atoms with Gasteiger partial charge in [-0.1, -0.05) is 6.92 Å². The van der Waals surface area contributed by atoms with Gasteiger partial charge in [-0.2, -0.15) is 0 Å². The first-order valence-electron chi connectivity index (χ1n) is 4.42. The Morgan fingerprint density at radius 3 is 2.38 bits per heavy atom. The molecule has 0 spiro atoms. The monoisotopic (exact) mass is 204 g/mol. The number of hydrogen-bond acceptors (Lipinski definition) is 3. The molecule has 5 atom stereocenters. The van der Waals surface area contributed by atoms with Crippen LogP contribution in [-0.2, 0) is 13.8 Å². The van der Waals surface area contributed by atoms with Crippen molar-refractivity contribution >= 4 is 8.38 Å². The van der Waals surface area contributed by atoms with Gasteiger partial charge >= 0.3 is 0 Å². The van der Waals surface area contributed by atoms with Gasteiger partial charge in [0.25, 0.3) is 0 Å². The predicted octanol–water partition coefficient (Wildman–Crippen LogP) is 2.09. The quantitative estimate of drug-likeness (QED) is 0.659. The topological polar surface area (TPSA) is 27.7 Å². The van der Waals surface area contributed by atoms with Gasteiger partial charge in [-0.25, -0.2) is 0 Å². The van der Waals surface area contributed by atoms with Crippen LogP contribution in [0.4, 0.5) is 0 Å². The summed E-state index contributed by atoms with van der Waals surface area (Å²) in [6.45, 7) is 11.8. The predicted molar refractivity (Wildman–Crippen MR) is 52.5 cm³/mol. The van der Waals surface area contributed by atoms with E-state index in [4.69, 9.17) is 20.7 Å². The number of ether oxygens (including phenoxy) is 1. The Labute approximate surface area is 81.7 Å². The van der Waals surface area contributed by atoms with Gasteiger partial charge in [-0.05, 0) is 13.8 Å². The van der Waals surface area contributed by atoms with Gasteiger partial charge in [0.15, 0.2) is 8.38 Å². The molecule has 1 aliphatic rings. The smallest absolute Gasteiger partial charge is 0.167 e. The van der Waals surface area contributed by atoms with Crippen molar-refractivity contribution in [2.75, 3.05) is 13.8 Å². The van der Waals surface area contributed by atoms with Crippen molar-refractivity contribution < 1.29 is 13.8 Å². The average molecular weight is 204 g/mol. The van der Waals surface area contributed by atoms with Crippen molar-refractivity contribution in [2.24, 2.45) is 5.92 Å². The van der Waals surface area contributed by atoms with E-state index in [1.807, 2.05) is 13.6 Å². The third-order valence-corrected chi connectivity index (χ3v) is 3.54. The van der Waals surface area contributed by atoms with E-state index in [9.17, 15) is 0 Å². The molecule has 1 heterocycles. The van der Waals surface area contributed by atoms with Crippen LogP contribution >= 0.6 is 8.38 Å². The lowest BCUT2D eigenvalue weighted by Gasteiger charge is -2.21. The Morgan fingerprint density at radius 2 is 2.00 bits per heavy atom. The molecule has 76 valence electrons. The fourth-order valence-electron chi connectivity index (χ4n) is 1.39. The molecule has 3 nitrogen and oxygen atoms in total. The molecule has 1 aliphatic heterocycles. The lowest BCUT2D eigenvalue weighted by Crippen LogP contribution is -2.25. The highest BCUT2D eigenvalue weighted by molar-refractivity contribution is 7.46. The third kappa shape index (κ3) is 2.63. The van der Waals surface area contributed by atoms with Crippen LogP contribution in [0.2, 0.25) is 0 Å². The van der Waals surface area contributed by atoms with Crippen LogP contribution in [0.1, 0.15) is 13.8 Å². The molecule has 1 rings (SSSR count). The summed E-state index contributed by atoms with van der Waals surface area (Å²) in [6, 6.07) is 0. The molecule has 13 heavy (non-hydrogen) atoms. The molecular formula is C9H17O3P. The van der Waals surface area contributed by atoms with Crippen molar-refractivity contribution in [3.63, 3.8) is 0 Å². The van der Waals surface area contributed by atoms with Gasteiger partial charge in [-0.15, -0.1) is 0 Å². The largest absolute Gasteiger partial charge is 0.372 e. The molecule has 0 amide bonds. The summed E-state index contributed by atoms with van der Waals surface area (Å²) in [5.74, 6) is 0.329. The second-order valence-electron chi connectivity index (χ2n) is 3.36. The van der Waals surface area contributed by atoms with Crippen molar-refractivity contribution in [3.05, 3.63) is 6.92 Å². The normalized spacial score (nSPS) is 42.2. The maximum Gasteiger partial charge on any atom is 0.167 e. The van der Waals surface area contributed by atoms with E-state index in [-0.39, 0.29) is 18.3 Å². The Balaban J connectivity index is 2.48. The molecule has 2 unspecified atom stereocenters. The SMILES string of the molecule is [CH][C@H]1O[C@@H](C)C(C)[C@H]1OP(C)OC. The molecule has 4 heteroatoms. The van der Waals surface area contributed by atoms with Gasteiger partial charge in [0.2, 0.25) is 0 Å². The molecule has 0 aromatic carbocycles. The van der Waals surface area contributed by atoms with Gasteiger partial charge < -0.3 is 13.8 Å². The Kier molecular flexibility index (Phi) is 4.11. The van der Waals surface area contributed by atoms with Gasteiger partial charge in [0.05, 0.1) is 18.3 Å². The van der Waals surface area contributed by atoms with Crippen LogP contribution < -0.4 is 0 Å². The molecule has 0 N–H and O–H groups in total. The second kappa shape index (κ2) is 4.70. The molecular weight excluding hydrogens is 187 g/mol. The molecule has 0 aliphatic carbocycles. The van der Waals surface area contributed by atoms with E-state index in [0.717, 1.165) is 0 Å². The summed E-state index contributed by atoms with van der Waals surface area (Å²) in [7, 11) is 0.818. The zero-order valence-electron chi connectivity index (χ0n) is 8.56. The van der Waals surface area contributed by atoms with Crippen molar-refractivity contribution in [1.82, 2.24) is 0 Å². The lowest BCUT2D eigenvalue weighted by atomic mass is 10.0. The van der Waals surface area contributed by atoms with E-state index in [0.29, 0.717) is 5.92 Å². The molecule has 0 saturated carbocycles. The van der Waals surface area contributed by atoms with E-state index in [1.54, 1.807) is 7.11 Å². The summed E-state index contributed by atoms with van der Waals surface area (Å²) in [5, 5.41) is 0. The highest BCUT2D eigenvalue weighted by Gasteiger charge is 2.39. The molecule has 1 fully saturated rings. The van der Waals surface area contributed by atoms with Crippen LogP contribution in [0, 0.1) is 12.8 Å². The van der Waals surface area contributed by atoms with E-state index >= 15 is 0 Å². The number of rotatable bonds is 3. The molecule has 0 aromatic heterocycles. The molecule has 0 bridgehead atoms. The molecule has 2 radical (unpaired) electrons. The summed E-state index contributed by atoms with van der Waals surface area (Å²) in [6.07, 6.45) is -0.184. The van der Waals surface area contributed by atoms with Crippen LogP contribution in [0.25, 0.3) is 0 Å². The lowest BCUT2D eigenvalue weighted by molar-refractivity contribution is 0.0516. The summed E-state index contributed by atoms with van der Waals surface area (Å²) in [4.78, 5) is 0. The van der Waals surface area contributed by atoms with Crippen LogP contribution in [0.3, 0.4) is 0 Å². The standard InChI is InChI=1S/C9H17O3P/c1-6-7(2)11-8(3)9(6)12-13(5)10-4/h3,6-9H,1-2,4-5H3/t6?,7-,8+,9+,13?/m0/s1. The summed E-state index contributed by atoms with van der Waals surface area (Å²) < 4.78 is 16.2. The second-order valence-corrected chi connectivity index (χ2v) is 4.81. The first kappa shape index (κ1) is 11.4. The Bertz CT molecular complexity index is 165. The minimum atomic E-state index is -0.822. The van der Waals surface area contributed by atoms with Crippen molar-refractivity contribution in [2.45, 2.75) is 32.2 Å². The first-order valence-corrected chi connectivity index (χ1v) is 6.04. The minimum Gasteiger partial charge on any atom is -0.372 e. The zero-order valence-corrected chi connectivity index (χ0v) is 9.45. The third-order valence-electron chi connectivity index (χ3n) is 2.48. The number of hydrogen-bond donors (Lipinski definition) is 0. The molecule has 1 saturated heterocycles. The van der Waals surface area contributed by atoms with Crippen molar-refractivity contribution in [3.8, 4) is 0 Å². The van der Waals surface area contributed by atoms with Crippen LogP contribution in [0.5, 0.6) is 0 Å². The highest BCUT2D eigenvalue weighted by atomic mass is 31.2. The van der Waals surface area contributed by atoms with Gasteiger partial charge in [-0.3, -0.25) is 0 Å². The van der Waals surface area contributed by atoms with E-state index < -0.39 is 8.38 Å². The van der Waals surface area contributed by atoms with Gasteiger partial charge in [0.1, 0.15) is 0 Å². The molecule has 0 aromatic rings. The Hall–Kier alpha value is 0.310. The first-order chi connectivity index (χ1) is 6.06. The van der Waals surface area contributed by atoms with Gasteiger partial charge in [0, 0.05) is 19.7 Å². The summed E-state index contributed by atoms with van der Waals surface area (Å²) >= 11 is 0. The minimum absolute atomic E-state index is 0.0361.